The van der Waals surface area contributed by atoms with Crippen LogP contribution in [0.2, 0.25) is 0 Å². The van der Waals surface area contributed by atoms with E-state index < -0.39 is 12.6 Å². The predicted octanol–water partition coefficient (Wildman–Crippen LogP) is 1.16. The van der Waals surface area contributed by atoms with Gasteiger partial charge in [0.15, 0.2) is 0 Å². The number of aromatic nitrogens is 2. The Morgan fingerprint density at radius 2 is 2.08 bits per heavy atom. The van der Waals surface area contributed by atoms with E-state index in [9.17, 15) is 13.2 Å². The molecular formula is C6H6F3N3. The van der Waals surface area contributed by atoms with Crippen molar-refractivity contribution >= 4 is 5.82 Å². The lowest BCUT2D eigenvalue weighted by atomic mass is 10.2. The lowest BCUT2D eigenvalue weighted by Gasteiger charge is -2.06. The number of anilines is 1. The molecule has 0 atom stereocenters. The Labute approximate surface area is 66.4 Å². The first-order chi connectivity index (χ1) is 5.49. The summed E-state index contributed by atoms with van der Waals surface area (Å²) in [5, 5.41) is 6.62. The minimum atomic E-state index is -4.25. The smallest absolute Gasteiger partial charge is 0.382 e. The van der Waals surface area contributed by atoms with Gasteiger partial charge in [0.05, 0.1) is 12.6 Å². The van der Waals surface area contributed by atoms with E-state index in [0.717, 1.165) is 0 Å². The van der Waals surface area contributed by atoms with Crippen molar-refractivity contribution in [2.45, 2.75) is 12.6 Å². The van der Waals surface area contributed by atoms with Crippen molar-refractivity contribution in [3.8, 4) is 0 Å². The molecule has 6 heteroatoms. The third-order valence-electron chi connectivity index (χ3n) is 1.23. The van der Waals surface area contributed by atoms with Crippen LogP contribution in [0.15, 0.2) is 12.3 Å². The molecule has 0 saturated heterocycles. The molecule has 1 rings (SSSR count). The maximum absolute atomic E-state index is 11.8. The van der Waals surface area contributed by atoms with Crippen molar-refractivity contribution in [3.63, 3.8) is 0 Å². The van der Waals surface area contributed by atoms with Crippen LogP contribution in [0, 0.1) is 0 Å². The Kier molecular flexibility index (Phi) is 2.16. The second-order valence-electron chi connectivity index (χ2n) is 2.23. The molecule has 0 aliphatic heterocycles. The molecule has 0 aromatic carbocycles. The summed E-state index contributed by atoms with van der Waals surface area (Å²) in [6.07, 6.45) is -4.14. The van der Waals surface area contributed by atoms with E-state index in [2.05, 4.69) is 10.2 Å². The highest BCUT2D eigenvalue weighted by atomic mass is 19.4. The van der Waals surface area contributed by atoms with Crippen molar-refractivity contribution < 1.29 is 13.2 Å². The van der Waals surface area contributed by atoms with E-state index in [1.54, 1.807) is 0 Å². The van der Waals surface area contributed by atoms with Crippen LogP contribution in [0.3, 0.4) is 0 Å². The monoisotopic (exact) mass is 177 g/mol. The van der Waals surface area contributed by atoms with Gasteiger partial charge in [-0.3, -0.25) is 0 Å². The van der Waals surface area contributed by atoms with E-state index >= 15 is 0 Å². The second-order valence-corrected chi connectivity index (χ2v) is 2.23. The van der Waals surface area contributed by atoms with Crippen molar-refractivity contribution in [3.05, 3.63) is 17.8 Å². The third kappa shape index (κ3) is 2.37. The quantitative estimate of drug-likeness (QED) is 0.700. The second kappa shape index (κ2) is 2.96. The van der Waals surface area contributed by atoms with Crippen LogP contribution < -0.4 is 5.73 Å². The Bertz CT molecular complexity index is 271. The van der Waals surface area contributed by atoms with Gasteiger partial charge >= 0.3 is 6.18 Å². The Balaban J connectivity index is 2.83. The molecule has 66 valence electrons. The predicted molar refractivity (Wildman–Crippen MR) is 36.2 cm³/mol. The highest BCUT2D eigenvalue weighted by Crippen LogP contribution is 2.22. The van der Waals surface area contributed by atoms with E-state index in [1.807, 2.05) is 0 Å². The maximum Gasteiger partial charge on any atom is 0.393 e. The summed E-state index contributed by atoms with van der Waals surface area (Å²) in [6, 6.07) is 1.20. The van der Waals surface area contributed by atoms with E-state index in [0.29, 0.717) is 0 Å². The summed E-state index contributed by atoms with van der Waals surface area (Å²) in [7, 11) is 0. The highest BCUT2D eigenvalue weighted by molar-refractivity contribution is 5.37. The normalized spacial score (nSPS) is 11.6. The van der Waals surface area contributed by atoms with Gasteiger partial charge in [0.2, 0.25) is 0 Å². The average molecular weight is 177 g/mol. The molecule has 0 aliphatic carbocycles. The zero-order valence-corrected chi connectivity index (χ0v) is 5.97. The Morgan fingerprint density at radius 3 is 2.58 bits per heavy atom. The summed E-state index contributed by atoms with van der Waals surface area (Å²) in [5.41, 5.74) is 5.11. The van der Waals surface area contributed by atoms with Gasteiger partial charge in [0, 0.05) is 5.56 Å². The zero-order chi connectivity index (χ0) is 9.19. The Hall–Kier alpha value is -1.33. The van der Waals surface area contributed by atoms with Gasteiger partial charge in [0.25, 0.3) is 0 Å². The topological polar surface area (TPSA) is 51.8 Å². The molecule has 0 bridgehead atoms. The van der Waals surface area contributed by atoms with Gasteiger partial charge < -0.3 is 5.73 Å². The lowest BCUT2D eigenvalue weighted by Crippen LogP contribution is -2.13. The number of hydrogen-bond acceptors (Lipinski definition) is 3. The molecule has 0 spiro atoms. The summed E-state index contributed by atoms with van der Waals surface area (Å²) in [5.74, 6) is -0.171. The first-order valence-electron chi connectivity index (χ1n) is 3.12. The standard InChI is InChI=1S/C6H6F3N3/c7-6(8,9)3-4-1-2-11-12-5(4)10/h1-2H,3H2,(H2,10,12). The van der Waals surface area contributed by atoms with E-state index in [1.165, 1.54) is 12.3 Å². The highest BCUT2D eigenvalue weighted by Gasteiger charge is 2.28. The van der Waals surface area contributed by atoms with Crippen molar-refractivity contribution in [2.75, 3.05) is 5.73 Å². The molecular weight excluding hydrogens is 171 g/mol. The summed E-state index contributed by atoms with van der Waals surface area (Å²) < 4.78 is 35.5. The largest absolute Gasteiger partial charge is 0.393 e. The minimum Gasteiger partial charge on any atom is -0.382 e. The average Bonchev–Trinajstić information content (AvgIpc) is 1.91. The fourth-order valence-corrected chi connectivity index (χ4v) is 0.734. The SMILES string of the molecule is Nc1nnccc1CC(F)(F)F. The number of rotatable bonds is 1. The van der Waals surface area contributed by atoms with Crippen LogP contribution >= 0.6 is 0 Å². The molecule has 0 amide bonds. The number of alkyl halides is 3. The molecule has 1 heterocycles. The van der Waals surface area contributed by atoms with Crippen molar-refractivity contribution in [2.24, 2.45) is 0 Å². The molecule has 0 unspecified atom stereocenters. The first-order valence-corrected chi connectivity index (χ1v) is 3.12. The number of nitrogens with two attached hydrogens (primary N) is 1. The van der Waals surface area contributed by atoms with Gasteiger partial charge in [0.1, 0.15) is 5.82 Å². The van der Waals surface area contributed by atoms with Crippen LogP contribution in [0.4, 0.5) is 19.0 Å². The molecule has 3 nitrogen and oxygen atoms in total. The molecule has 0 radical (unpaired) electrons. The van der Waals surface area contributed by atoms with Crippen LogP contribution in [0.1, 0.15) is 5.56 Å². The number of nitrogen functional groups attached to an aromatic ring is 1. The number of nitrogens with zero attached hydrogens (tertiary/aromatic N) is 2. The molecule has 1 aromatic heterocycles. The van der Waals surface area contributed by atoms with Crippen molar-refractivity contribution in [1.29, 1.82) is 0 Å². The maximum atomic E-state index is 11.8. The van der Waals surface area contributed by atoms with E-state index in [4.69, 9.17) is 5.73 Å². The zero-order valence-electron chi connectivity index (χ0n) is 5.97. The molecule has 0 saturated carbocycles. The van der Waals surface area contributed by atoms with Gasteiger partial charge in [-0.15, -0.1) is 5.10 Å². The van der Waals surface area contributed by atoms with Crippen LogP contribution in [0.5, 0.6) is 0 Å². The minimum absolute atomic E-state index is 0.0440. The van der Waals surface area contributed by atoms with E-state index in [-0.39, 0.29) is 11.4 Å². The molecule has 1 aromatic rings. The first kappa shape index (κ1) is 8.76. The third-order valence-corrected chi connectivity index (χ3v) is 1.23. The molecule has 0 fully saturated rings. The van der Waals surface area contributed by atoms with Crippen molar-refractivity contribution in [1.82, 2.24) is 10.2 Å². The molecule has 12 heavy (non-hydrogen) atoms. The Morgan fingerprint density at radius 1 is 1.42 bits per heavy atom. The van der Waals surface area contributed by atoms with Gasteiger partial charge in [-0.05, 0) is 6.07 Å². The van der Waals surface area contributed by atoms with Gasteiger partial charge in [-0.1, -0.05) is 0 Å². The van der Waals surface area contributed by atoms with Crippen LogP contribution in [0.25, 0.3) is 0 Å². The summed E-state index contributed by atoms with van der Waals surface area (Å²) in [4.78, 5) is 0. The lowest BCUT2D eigenvalue weighted by molar-refractivity contribution is -0.127. The summed E-state index contributed by atoms with van der Waals surface area (Å²) >= 11 is 0. The van der Waals surface area contributed by atoms with Crippen LogP contribution in [-0.4, -0.2) is 16.4 Å². The fraction of sp³-hybridized carbons (Fsp3) is 0.333. The van der Waals surface area contributed by atoms with Crippen LogP contribution in [-0.2, 0) is 6.42 Å². The molecule has 2 N–H and O–H groups in total. The summed E-state index contributed by atoms with van der Waals surface area (Å²) in [6.45, 7) is 0. The number of halogens is 3. The molecule has 0 aliphatic rings. The van der Waals surface area contributed by atoms with Gasteiger partial charge in [-0.2, -0.15) is 18.3 Å². The fourth-order valence-electron chi connectivity index (χ4n) is 0.734. The van der Waals surface area contributed by atoms with Gasteiger partial charge in [-0.25, -0.2) is 0 Å². The number of hydrogen-bond donors (Lipinski definition) is 1.